The fraction of sp³-hybridized carbons (Fsp3) is 0.385. The highest BCUT2D eigenvalue weighted by Gasteiger charge is 2.32. The third-order valence-corrected chi connectivity index (χ3v) is 3.93. The summed E-state index contributed by atoms with van der Waals surface area (Å²) in [7, 11) is 1.95. The lowest BCUT2D eigenvalue weighted by atomic mass is 9.77. The van der Waals surface area contributed by atoms with Crippen LogP contribution in [0.1, 0.15) is 24.3 Å². The average Bonchev–Trinajstić information content (AvgIpc) is 2.71. The van der Waals surface area contributed by atoms with Crippen molar-refractivity contribution in [3.05, 3.63) is 40.9 Å². The second-order valence-electron chi connectivity index (χ2n) is 4.88. The molecule has 1 aliphatic carbocycles. The topological polar surface area (TPSA) is 41.9 Å². The maximum Gasteiger partial charge on any atom is 0.265 e. The molecule has 0 bridgehead atoms. The number of aromatic nitrogens is 3. The Labute approximate surface area is 114 Å². The van der Waals surface area contributed by atoms with E-state index in [-0.39, 0.29) is 6.10 Å². The van der Waals surface area contributed by atoms with E-state index in [4.69, 9.17) is 0 Å². The van der Waals surface area contributed by atoms with Crippen LogP contribution in [-0.2, 0) is 7.05 Å². The highest BCUT2D eigenvalue weighted by atomic mass is 79.9. The zero-order valence-corrected chi connectivity index (χ0v) is 11.7. The molecule has 0 radical (unpaired) electrons. The number of hydrogen-bond donors (Lipinski definition) is 1. The van der Waals surface area contributed by atoms with E-state index in [1.807, 2.05) is 28.7 Å². The molecule has 1 N–H and O–H groups in total. The van der Waals surface area contributed by atoms with E-state index in [0.717, 1.165) is 23.0 Å². The molecule has 18 heavy (non-hydrogen) atoms. The SMILES string of the molecule is C[n+]1cnn(-c2ccc(Br)cc2C2CC(O)C2)c1. The largest absolute Gasteiger partial charge is 0.393 e. The van der Waals surface area contributed by atoms with E-state index in [1.54, 1.807) is 6.33 Å². The van der Waals surface area contributed by atoms with Crippen molar-refractivity contribution in [2.45, 2.75) is 24.9 Å². The first-order valence-corrected chi connectivity index (χ1v) is 6.80. The summed E-state index contributed by atoms with van der Waals surface area (Å²) in [5.41, 5.74) is 2.34. The Hall–Kier alpha value is -1.20. The molecule has 3 rings (SSSR count). The molecule has 0 spiro atoms. The third-order valence-electron chi connectivity index (χ3n) is 3.44. The number of hydrogen-bond acceptors (Lipinski definition) is 2. The normalized spacial score (nSPS) is 22.8. The van der Waals surface area contributed by atoms with Crippen molar-refractivity contribution in [2.24, 2.45) is 7.05 Å². The highest BCUT2D eigenvalue weighted by Crippen LogP contribution is 2.40. The number of aryl methyl sites for hydroxylation is 1. The predicted octanol–water partition coefficient (Wildman–Crippen LogP) is 1.70. The fourth-order valence-electron chi connectivity index (χ4n) is 2.40. The van der Waals surface area contributed by atoms with Gasteiger partial charge in [-0.15, -0.1) is 0 Å². The first kappa shape index (κ1) is 11.9. The molecule has 1 saturated carbocycles. The van der Waals surface area contributed by atoms with E-state index in [2.05, 4.69) is 33.2 Å². The van der Waals surface area contributed by atoms with E-state index < -0.39 is 0 Å². The molecule has 1 fully saturated rings. The van der Waals surface area contributed by atoms with E-state index in [1.165, 1.54) is 5.56 Å². The van der Waals surface area contributed by atoms with Crippen molar-refractivity contribution in [2.75, 3.05) is 0 Å². The Balaban J connectivity index is 2.03. The van der Waals surface area contributed by atoms with Crippen molar-refractivity contribution in [3.63, 3.8) is 0 Å². The molecule has 0 saturated heterocycles. The number of nitrogens with zero attached hydrogens (tertiary/aromatic N) is 3. The summed E-state index contributed by atoms with van der Waals surface area (Å²) in [4.78, 5) is 0. The molecule has 5 heteroatoms. The summed E-state index contributed by atoms with van der Waals surface area (Å²) in [5.74, 6) is 0.432. The van der Waals surface area contributed by atoms with Gasteiger partial charge in [0, 0.05) is 9.57 Å². The molecule has 1 aromatic heterocycles. The summed E-state index contributed by atoms with van der Waals surface area (Å²) < 4.78 is 4.87. The van der Waals surface area contributed by atoms with Crippen LogP contribution >= 0.6 is 15.9 Å². The average molecular weight is 309 g/mol. The first-order chi connectivity index (χ1) is 8.63. The molecule has 0 aliphatic heterocycles. The van der Waals surface area contributed by atoms with Gasteiger partial charge >= 0.3 is 0 Å². The minimum atomic E-state index is -0.143. The molecule has 1 aliphatic rings. The Bertz CT molecular complexity index is 575. The van der Waals surface area contributed by atoms with Crippen molar-refractivity contribution in [1.29, 1.82) is 0 Å². The maximum atomic E-state index is 9.48. The number of aliphatic hydroxyl groups excluding tert-OH is 1. The zero-order chi connectivity index (χ0) is 12.7. The van der Waals surface area contributed by atoms with Gasteiger partial charge in [-0.05, 0) is 42.5 Å². The van der Waals surface area contributed by atoms with Gasteiger partial charge in [0.25, 0.3) is 6.33 Å². The van der Waals surface area contributed by atoms with Crippen LogP contribution in [0.4, 0.5) is 0 Å². The molecule has 2 aromatic rings. The van der Waals surface area contributed by atoms with Crippen LogP contribution in [0, 0.1) is 0 Å². The van der Waals surface area contributed by atoms with E-state index in [9.17, 15) is 5.11 Å². The van der Waals surface area contributed by atoms with Crippen molar-refractivity contribution in [3.8, 4) is 5.69 Å². The first-order valence-electron chi connectivity index (χ1n) is 6.01. The number of halogens is 1. The summed E-state index contributed by atoms with van der Waals surface area (Å²) >= 11 is 3.51. The molecule has 0 atom stereocenters. The third kappa shape index (κ3) is 2.08. The van der Waals surface area contributed by atoms with Crippen molar-refractivity contribution in [1.82, 2.24) is 9.78 Å². The van der Waals surface area contributed by atoms with Crippen LogP contribution in [0.2, 0.25) is 0 Å². The lowest BCUT2D eigenvalue weighted by molar-refractivity contribution is -0.672. The van der Waals surface area contributed by atoms with Gasteiger partial charge in [-0.3, -0.25) is 0 Å². The van der Waals surface area contributed by atoms with Crippen LogP contribution in [0.25, 0.3) is 5.69 Å². The van der Waals surface area contributed by atoms with Crippen LogP contribution < -0.4 is 4.57 Å². The number of benzene rings is 1. The predicted molar refractivity (Wildman–Crippen MR) is 70.4 cm³/mol. The van der Waals surface area contributed by atoms with Gasteiger partial charge in [0.05, 0.1) is 13.2 Å². The standard InChI is InChI=1S/C13H15BrN3O/c1-16-7-15-17(8-16)13-3-2-10(14)6-12(13)9-4-11(18)5-9/h2-3,6-9,11,18H,4-5H2,1H3/q+1. The minimum Gasteiger partial charge on any atom is -0.393 e. The van der Waals surface area contributed by atoms with E-state index in [0.29, 0.717) is 5.92 Å². The Morgan fingerprint density at radius 2 is 2.22 bits per heavy atom. The summed E-state index contributed by atoms with van der Waals surface area (Å²) in [5, 5.41) is 13.8. The lowest BCUT2D eigenvalue weighted by Gasteiger charge is -2.32. The van der Waals surface area contributed by atoms with E-state index >= 15 is 0 Å². The second-order valence-corrected chi connectivity index (χ2v) is 5.80. The van der Waals surface area contributed by atoms with Crippen molar-refractivity contribution >= 4 is 15.9 Å². The van der Waals surface area contributed by atoms with Gasteiger partial charge in [0.2, 0.25) is 6.33 Å². The van der Waals surface area contributed by atoms with Crippen LogP contribution in [0.15, 0.2) is 35.3 Å². The minimum absolute atomic E-state index is 0.143. The zero-order valence-electron chi connectivity index (χ0n) is 10.1. The van der Waals surface area contributed by atoms with Crippen LogP contribution in [0.5, 0.6) is 0 Å². The molecule has 0 amide bonds. The molecule has 1 aromatic carbocycles. The smallest absolute Gasteiger partial charge is 0.265 e. The van der Waals surface area contributed by atoms with Gasteiger partial charge in [-0.25, -0.2) is 4.57 Å². The summed E-state index contributed by atoms with van der Waals surface area (Å²) in [6.07, 6.45) is 5.27. The Kier molecular flexibility index (Phi) is 2.95. The van der Waals surface area contributed by atoms with Crippen LogP contribution in [-0.4, -0.2) is 21.0 Å². The summed E-state index contributed by atoms with van der Waals surface area (Å²) in [6, 6.07) is 6.22. The monoisotopic (exact) mass is 308 g/mol. The van der Waals surface area contributed by atoms with Crippen LogP contribution in [0.3, 0.4) is 0 Å². The maximum absolute atomic E-state index is 9.48. The molecule has 0 unspecified atom stereocenters. The van der Waals surface area contributed by atoms with Crippen molar-refractivity contribution < 1.29 is 9.67 Å². The second kappa shape index (κ2) is 4.48. The molecular formula is C13H15BrN3O+. The molecule has 1 heterocycles. The summed E-state index contributed by atoms with van der Waals surface area (Å²) in [6.45, 7) is 0. The lowest BCUT2D eigenvalue weighted by Crippen LogP contribution is -2.27. The highest BCUT2D eigenvalue weighted by molar-refractivity contribution is 9.10. The quantitative estimate of drug-likeness (QED) is 0.858. The molecule has 94 valence electrons. The van der Waals surface area contributed by atoms with Gasteiger partial charge in [-0.2, -0.15) is 0 Å². The van der Waals surface area contributed by atoms with Gasteiger partial charge in [-0.1, -0.05) is 20.6 Å². The van der Waals surface area contributed by atoms with Gasteiger partial charge < -0.3 is 5.11 Å². The van der Waals surface area contributed by atoms with Gasteiger partial charge in [0.1, 0.15) is 5.69 Å². The van der Waals surface area contributed by atoms with Gasteiger partial charge in [0.15, 0.2) is 0 Å². The Morgan fingerprint density at radius 3 is 2.83 bits per heavy atom. The number of aliphatic hydroxyl groups is 1. The number of rotatable bonds is 2. The molecule has 4 nitrogen and oxygen atoms in total. The molecular weight excluding hydrogens is 294 g/mol. The Morgan fingerprint density at radius 1 is 1.44 bits per heavy atom. The fourth-order valence-corrected chi connectivity index (χ4v) is 2.78.